The molecule has 27 heavy (non-hydrogen) atoms. The van der Waals surface area contributed by atoms with Gasteiger partial charge in [-0.15, -0.1) is 0 Å². The van der Waals surface area contributed by atoms with E-state index in [9.17, 15) is 13.2 Å². The zero-order valence-electron chi connectivity index (χ0n) is 14.8. The Morgan fingerprint density at radius 3 is 2.30 bits per heavy atom. The smallest absolute Gasteiger partial charge is 0.253 e. The zero-order valence-corrected chi connectivity index (χ0v) is 15.6. The molecule has 1 amide bonds. The highest BCUT2D eigenvalue weighted by Gasteiger charge is 2.40. The van der Waals surface area contributed by atoms with Crippen molar-refractivity contribution < 1.29 is 17.9 Å². The number of methoxy groups -OCH3 is 1. The third kappa shape index (κ3) is 3.17. The first-order chi connectivity index (χ1) is 13.0. The van der Waals surface area contributed by atoms with Crippen molar-refractivity contribution in [2.75, 3.05) is 20.2 Å². The second kappa shape index (κ2) is 6.70. The summed E-state index contributed by atoms with van der Waals surface area (Å²) < 4.78 is 30.5. The van der Waals surface area contributed by atoms with E-state index >= 15 is 0 Å². The third-order valence-electron chi connectivity index (χ3n) is 4.96. The first-order valence-electron chi connectivity index (χ1n) is 8.65. The SMILES string of the molecule is COc1ccc(S(=O)(=O)C2CN(C(=O)c3ccc4ccccc4c3)C2)cc1. The minimum absolute atomic E-state index is 0.137. The molecule has 3 aromatic carbocycles. The van der Waals surface area contributed by atoms with Crippen LogP contribution in [0.4, 0.5) is 0 Å². The van der Waals surface area contributed by atoms with Crippen molar-refractivity contribution in [1.29, 1.82) is 0 Å². The molecule has 0 bridgehead atoms. The van der Waals surface area contributed by atoms with Gasteiger partial charge in [0.1, 0.15) is 11.0 Å². The van der Waals surface area contributed by atoms with Crippen LogP contribution in [0.15, 0.2) is 71.6 Å². The van der Waals surface area contributed by atoms with Crippen molar-refractivity contribution in [3.63, 3.8) is 0 Å². The van der Waals surface area contributed by atoms with Gasteiger partial charge in [-0.2, -0.15) is 0 Å². The quantitative estimate of drug-likeness (QED) is 0.696. The van der Waals surface area contributed by atoms with Crippen molar-refractivity contribution in [2.24, 2.45) is 0 Å². The zero-order chi connectivity index (χ0) is 19.0. The summed E-state index contributed by atoms with van der Waals surface area (Å²) in [5.41, 5.74) is 0.578. The fourth-order valence-electron chi connectivity index (χ4n) is 3.26. The van der Waals surface area contributed by atoms with Crippen LogP contribution in [0.5, 0.6) is 5.75 Å². The van der Waals surface area contributed by atoms with Gasteiger partial charge in [0.15, 0.2) is 9.84 Å². The van der Waals surface area contributed by atoms with Crippen LogP contribution in [0.3, 0.4) is 0 Å². The van der Waals surface area contributed by atoms with E-state index in [1.807, 2.05) is 36.4 Å². The molecule has 0 N–H and O–H groups in total. The summed E-state index contributed by atoms with van der Waals surface area (Å²) in [4.78, 5) is 14.5. The average molecular weight is 381 g/mol. The van der Waals surface area contributed by atoms with Gasteiger partial charge in [-0.05, 0) is 47.2 Å². The van der Waals surface area contributed by atoms with E-state index < -0.39 is 15.1 Å². The maximum atomic E-state index is 12.7. The summed E-state index contributed by atoms with van der Waals surface area (Å²) in [5.74, 6) is 0.470. The van der Waals surface area contributed by atoms with Crippen LogP contribution in [0.25, 0.3) is 10.8 Å². The summed E-state index contributed by atoms with van der Waals surface area (Å²) in [7, 11) is -1.93. The Bertz CT molecular complexity index is 1100. The Kier molecular flexibility index (Phi) is 4.36. The normalized spacial score (nSPS) is 14.8. The highest BCUT2D eigenvalue weighted by Crippen LogP contribution is 2.27. The molecule has 5 nitrogen and oxygen atoms in total. The lowest BCUT2D eigenvalue weighted by atomic mass is 10.0. The van der Waals surface area contributed by atoms with E-state index in [2.05, 4.69) is 0 Å². The first kappa shape index (κ1) is 17.5. The number of fused-ring (bicyclic) bond motifs is 1. The lowest BCUT2D eigenvalue weighted by Crippen LogP contribution is -2.56. The highest BCUT2D eigenvalue weighted by atomic mass is 32.2. The van der Waals surface area contributed by atoms with Gasteiger partial charge in [0.25, 0.3) is 5.91 Å². The van der Waals surface area contributed by atoms with E-state index in [1.54, 1.807) is 35.2 Å². The molecule has 0 spiro atoms. The molecule has 1 fully saturated rings. The van der Waals surface area contributed by atoms with Gasteiger partial charge in [0, 0.05) is 18.7 Å². The van der Waals surface area contributed by atoms with Crippen LogP contribution >= 0.6 is 0 Å². The second-order valence-corrected chi connectivity index (χ2v) is 8.84. The number of hydrogen-bond donors (Lipinski definition) is 0. The molecular formula is C21H19NO4S. The number of benzene rings is 3. The van der Waals surface area contributed by atoms with Crippen LogP contribution in [0, 0.1) is 0 Å². The van der Waals surface area contributed by atoms with E-state index in [0.717, 1.165) is 10.8 Å². The predicted octanol–water partition coefficient (Wildman–Crippen LogP) is 3.15. The number of amides is 1. The number of nitrogens with zero attached hydrogens (tertiary/aromatic N) is 1. The Morgan fingerprint density at radius 2 is 1.63 bits per heavy atom. The number of likely N-dealkylation sites (tertiary alicyclic amines) is 1. The van der Waals surface area contributed by atoms with Crippen molar-refractivity contribution in [1.82, 2.24) is 4.90 Å². The van der Waals surface area contributed by atoms with E-state index in [1.165, 1.54) is 7.11 Å². The summed E-state index contributed by atoms with van der Waals surface area (Å²) >= 11 is 0. The van der Waals surface area contributed by atoms with Gasteiger partial charge < -0.3 is 9.64 Å². The van der Waals surface area contributed by atoms with E-state index in [-0.39, 0.29) is 23.9 Å². The number of rotatable bonds is 4. The van der Waals surface area contributed by atoms with Crippen LogP contribution in [0.1, 0.15) is 10.4 Å². The predicted molar refractivity (Wildman–Crippen MR) is 104 cm³/mol. The third-order valence-corrected chi connectivity index (χ3v) is 7.06. The minimum atomic E-state index is -3.46. The Labute approximate surface area is 158 Å². The fourth-order valence-corrected chi connectivity index (χ4v) is 4.92. The molecule has 0 saturated carbocycles. The van der Waals surface area contributed by atoms with Crippen LogP contribution < -0.4 is 4.74 Å². The number of carbonyl (C=O) groups excluding carboxylic acids is 1. The molecule has 6 heteroatoms. The molecule has 0 unspecified atom stereocenters. The van der Waals surface area contributed by atoms with E-state index in [4.69, 9.17) is 4.74 Å². The molecule has 1 aliphatic rings. The monoisotopic (exact) mass is 381 g/mol. The van der Waals surface area contributed by atoms with Gasteiger partial charge in [0.2, 0.25) is 0 Å². The number of hydrogen-bond acceptors (Lipinski definition) is 4. The fraction of sp³-hybridized carbons (Fsp3) is 0.190. The molecule has 4 rings (SSSR count). The topological polar surface area (TPSA) is 63.7 Å². The molecule has 0 radical (unpaired) electrons. The summed E-state index contributed by atoms with van der Waals surface area (Å²) in [6.45, 7) is 0.417. The second-order valence-electron chi connectivity index (χ2n) is 6.61. The van der Waals surface area contributed by atoms with Gasteiger partial charge >= 0.3 is 0 Å². The van der Waals surface area contributed by atoms with Crippen LogP contribution in [-0.4, -0.2) is 44.7 Å². The standard InChI is InChI=1S/C21H19NO4S/c1-26-18-8-10-19(11-9-18)27(24,25)20-13-22(14-20)21(23)17-7-6-15-4-2-3-5-16(15)12-17/h2-12,20H,13-14H2,1H3. The molecule has 1 aliphatic heterocycles. The molecule has 3 aromatic rings. The summed E-state index contributed by atoms with van der Waals surface area (Å²) in [5, 5.41) is 1.49. The van der Waals surface area contributed by atoms with Crippen molar-refractivity contribution in [3.05, 3.63) is 72.3 Å². The molecule has 1 saturated heterocycles. The maximum absolute atomic E-state index is 12.7. The number of sulfone groups is 1. The van der Waals surface area contributed by atoms with Crippen molar-refractivity contribution in [3.8, 4) is 5.75 Å². The number of carbonyl (C=O) groups is 1. The number of ether oxygens (including phenoxy) is 1. The van der Waals surface area contributed by atoms with Crippen LogP contribution in [0.2, 0.25) is 0 Å². The lowest BCUT2D eigenvalue weighted by Gasteiger charge is -2.38. The van der Waals surface area contributed by atoms with Gasteiger partial charge in [0.05, 0.1) is 12.0 Å². The molecule has 0 aromatic heterocycles. The van der Waals surface area contributed by atoms with Gasteiger partial charge in [-0.3, -0.25) is 4.79 Å². The molecular weight excluding hydrogens is 362 g/mol. The maximum Gasteiger partial charge on any atom is 0.253 e. The molecule has 138 valence electrons. The first-order valence-corrected chi connectivity index (χ1v) is 10.2. The van der Waals surface area contributed by atoms with Gasteiger partial charge in [-0.25, -0.2) is 8.42 Å². The van der Waals surface area contributed by atoms with Crippen molar-refractivity contribution in [2.45, 2.75) is 10.1 Å². The Morgan fingerprint density at radius 1 is 0.963 bits per heavy atom. The summed E-state index contributed by atoms with van der Waals surface area (Å²) in [6, 6.07) is 19.7. The van der Waals surface area contributed by atoms with Crippen molar-refractivity contribution >= 4 is 26.5 Å². The summed E-state index contributed by atoms with van der Waals surface area (Å²) in [6.07, 6.45) is 0. The Balaban J connectivity index is 1.48. The average Bonchev–Trinajstić information content (AvgIpc) is 2.66. The lowest BCUT2D eigenvalue weighted by molar-refractivity contribution is 0.0659. The van der Waals surface area contributed by atoms with Crippen LogP contribution in [-0.2, 0) is 9.84 Å². The Hall–Kier alpha value is -2.86. The minimum Gasteiger partial charge on any atom is -0.497 e. The molecule has 0 aliphatic carbocycles. The van der Waals surface area contributed by atoms with Gasteiger partial charge in [-0.1, -0.05) is 30.3 Å². The van der Waals surface area contributed by atoms with E-state index in [0.29, 0.717) is 11.3 Å². The molecule has 0 atom stereocenters. The highest BCUT2D eigenvalue weighted by molar-refractivity contribution is 7.92. The largest absolute Gasteiger partial charge is 0.497 e. The molecule has 1 heterocycles.